The number of rotatable bonds is 1. The Kier molecular flexibility index (Phi) is 2.42. The van der Waals surface area contributed by atoms with E-state index < -0.39 is 15.0 Å². The van der Waals surface area contributed by atoms with E-state index in [4.69, 9.17) is 9.95 Å². The van der Waals surface area contributed by atoms with Crippen LogP contribution in [0.1, 0.15) is 5.56 Å². The van der Waals surface area contributed by atoms with Gasteiger partial charge in [-0.05, 0) is 13.0 Å². The quantitative estimate of drug-likeness (QED) is 0.544. The predicted octanol–water partition coefficient (Wildman–Crippen LogP) is 1.43. The summed E-state index contributed by atoms with van der Waals surface area (Å²) in [5, 5.41) is 17.7. The van der Waals surface area contributed by atoms with E-state index in [2.05, 4.69) is 4.98 Å². The topological polar surface area (TPSA) is 103 Å². The molecule has 0 saturated carbocycles. The summed E-state index contributed by atoms with van der Waals surface area (Å²) in [6.45, 7) is 1.42. The van der Waals surface area contributed by atoms with E-state index in [0.717, 1.165) is 12.1 Å². The first-order valence-electron chi connectivity index (χ1n) is 3.52. The average molecular weight is 215 g/mol. The molecule has 0 heterocycles. The van der Waals surface area contributed by atoms with Crippen molar-refractivity contribution >= 4 is 15.8 Å². The molecule has 0 aliphatic heterocycles. The van der Waals surface area contributed by atoms with Crippen LogP contribution in [0.15, 0.2) is 17.0 Å². The third kappa shape index (κ3) is 1.81. The maximum absolute atomic E-state index is 10.7. The van der Waals surface area contributed by atoms with Crippen LogP contribution in [0.5, 0.6) is 5.75 Å². The number of benzene rings is 1. The number of nitrogens with zero attached hydrogens (tertiary/aromatic N) is 2. The average Bonchev–Trinajstić information content (AvgIpc) is 2.07. The molecule has 0 aromatic heterocycles. The molecular formula is C7H7N2O4S+. The highest BCUT2D eigenvalue weighted by Gasteiger charge is 2.22. The highest BCUT2D eigenvalue weighted by Crippen LogP contribution is 2.32. The molecule has 0 aliphatic rings. The van der Waals surface area contributed by atoms with E-state index >= 15 is 0 Å². The summed E-state index contributed by atoms with van der Waals surface area (Å²) in [5.74, 6) is -0.333. The van der Waals surface area contributed by atoms with E-state index in [9.17, 15) is 13.5 Å². The monoisotopic (exact) mass is 215 g/mol. The van der Waals surface area contributed by atoms with E-state index in [1.54, 1.807) is 0 Å². The molecule has 6 nitrogen and oxygen atoms in total. The van der Waals surface area contributed by atoms with Crippen LogP contribution in [0.3, 0.4) is 0 Å². The van der Waals surface area contributed by atoms with Gasteiger partial charge >= 0.3 is 5.69 Å². The largest absolute Gasteiger partial charge is 0.501 e. The van der Waals surface area contributed by atoms with Crippen molar-refractivity contribution in [2.75, 3.05) is 0 Å². The molecule has 0 spiro atoms. The Labute approximate surface area is 80.2 Å². The normalized spacial score (nSPS) is 10.9. The van der Waals surface area contributed by atoms with Crippen LogP contribution >= 0.6 is 0 Å². The van der Waals surface area contributed by atoms with Gasteiger partial charge in [-0.25, -0.2) is 0 Å². The minimum atomic E-state index is -4.36. The van der Waals surface area contributed by atoms with Gasteiger partial charge in [0.05, 0.1) is 6.07 Å². The Hall–Kier alpha value is -1.65. The van der Waals surface area contributed by atoms with Crippen LogP contribution in [0.25, 0.3) is 4.98 Å². The molecule has 7 heteroatoms. The molecular weight excluding hydrogens is 208 g/mol. The van der Waals surface area contributed by atoms with Gasteiger partial charge in [-0.1, -0.05) is 0 Å². The molecule has 0 saturated heterocycles. The Morgan fingerprint density at radius 3 is 2.43 bits per heavy atom. The van der Waals surface area contributed by atoms with Crippen molar-refractivity contribution in [2.45, 2.75) is 11.8 Å². The number of aromatic hydroxyl groups is 1. The summed E-state index contributed by atoms with van der Waals surface area (Å²) in [6, 6.07) is 1.93. The van der Waals surface area contributed by atoms with Gasteiger partial charge in [-0.2, -0.15) is 8.42 Å². The minimum Gasteiger partial charge on any atom is -0.501 e. The van der Waals surface area contributed by atoms with Crippen LogP contribution in [-0.4, -0.2) is 18.1 Å². The number of phenols is 1. The fourth-order valence-corrected chi connectivity index (χ4v) is 1.54. The van der Waals surface area contributed by atoms with Gasteiger partial charge in [-0.3, -0.25) is 4.55 Å². The van der Waals surface area contributed by atoms with Crippen LogP contribution < -0.4 is 0 Å². The van der Waals surface area contributed by atoms with Crippen molar-refractivity contribution in [3.05, 3.63) is 22.7 Å². The lowest BCUT2D eigenvalue weighted by Gasteiger charge is -1.98. The highest BCUT2D eigenvalue weighted by atomic mass is 32.2. The van der Waals surface area contributed by atoms with Crippen LogP contribution in [-0.2, 0) is 10.1 Å². The molecule has 14 heavy (non-hydrogen) atoms. The van der Waals surface area contributed by atoms with E-state index in [-0.39, 0.29) is 17.0 Å². The molecule has 0 atom stereocenters. The van der Waals surface area contributed by atoms with Crippen LogP contribution in [0.2, 0.25) is 0 Å². The van der Waals surface area contributed by atoms with Crippen LogP contribution in [0.4, 0.5) is 5.69 Å². The van der Waals surface area contributed by atoms with Crippen molar-refractivity contribution in [2.24, 2.45) is 0 Å². The zero-order valence-corrected chi connectivity index (χ0v) is 7.98. The zero-order chi connectivity index (χ0) is 10.9. The first-order chi connectivity index (χ1) is 6.36. The predicted molar refractivity (Wildman–Crippen MR) is 47.4 cm³/mol. The maximum atomic E-state index is 10.7. The second-order valence-electron chi connectivity index (χ2n) is 2.68. The number of diazo groups is 1. The molecule has 0 bridgehead atoms. The van der Waals surface area contributed by atoms with E-state index in [0.29, 0.717) is 0 Å². The smallest absolute Gasteiger partial charge is 0.427 e. The third-order valence-electron chi connectivity index (χ3n) is 1.66. The molecule has 74 valence electrons. The fourth-order valence-electron chi connectivity index (χ4n) is 0.954. The van der Waals surface area contributed by atoms with Gasteiger partial charge in [0.2, 0.25) is 11.1 Å². The second kappa shape index (κ2) is 3.25. The molecule has 0 radical (unpaired) electrons. The number of aryl methyl sites for hydroxylation is 1. The number of hydrogen-bond donors (Lipinski definition) is 2. The Morgan fingerprint density at radius 1 is 1.43 bits per heavy atom. The lowest BCUT2D eigenvalue weighted by molar-refractivity contribution is 0.471. The molecule has 0 amide bonds. The van der Waals surface area contributed by atoms with Crippen molar-refractivity contribution in [1.29, 1.82) is 5.39 Å². The summed E-state index contributed by atoms with van der Waals surface area (Å²) in [6.07, 6.45) is 0. The summed E-state index contributed by atoms with van der Waals surface area (Å²) < 4.78 is 30.1. The van der Waals surface area contributed by atoms with Crippen molar-refractivity contribution in [1.82, 2.24) is 0 Å². The Balaban J connectivity index is 3.56. The Morgan fingerprint density at radius 2 is 2.00 bits per heavy atom. The van der Waals surface area contributed by atoms with Gasteiger partial charge in [0.1, 0.15) is 4.90 Å². The summed E-state index contributed by atoms with van der Waals surface area (Å²) >= 11 is 0. The van der Waals surface area contributed by atoms with E-state index in [1.807, 2.05) is 0 Å². The number of phenolic OH excluding ortho intramolecular Hbond substituents is 1. The highest BCUT2D eigenvalue weighted by molar-refractivity contribution is 7.85. The zero-order valence-electron chi connectivity index (χ0n) is 7.17. The van der Waals surface area contributed by atoms with Gasteiger partial charge in [0, 0.05) is 5.56 Å². The van der Waals surface area contributed by atoms with E-state index in [1.165, 1.54) is 6.92 Å². The fraction of sp³-hybridized carbons (Fsp3) is 0.143. The summed E-state index contributed by atoms with van der Waals surface area (Å²) in [5.41, 5.74) is -0.120. The molecule has 1 rings (SSSR count). The number of hydrogen-bond acceptors (Lipinski definition) is 4. The molecule has 0 fully saturated rings. The lowest BCUT2D eigenvalue weighted by atomic mass is 10.2. The first kappa shape index (κ1) is 10.4. The van der Waals surface area contributed by atoms with Crippen LogP contribution in [0, 0.1) is 12.3 Å². The Bertz CT molecular complexity index is 515. The lowest BCUT2D eigenvalue weighted by Crippen LogP contribution is -1.98. The summed E-state index contributed by atoms with van der Waals surface area (Å²) in [4.78, 5) is 2.25. The van der Waals surface area contributed by atoms with Gasteiger partial charge in [0.15, 0.2) is 4.98 Å². The second-order valence-corrected chi connectivity index (χ2v) is 4.10. The third-order valence-corrected chi connectivity index (χ3v) is 2.49. The molecule has 0 aliphatic carbocycles. The van der Waals surface area contributed by atoms with Gasteiger partial charge < -0.3 is 5.11 Å². The van der Waals surface area contributed by atoms with Crippen molar-refractivity contribution in [3.63, 3.8) is 0 Å². The first-order valence-corrected chi connectivity index (χ1v) is 4.96. The van der Waals surface area contributed by atoms with Gasteiger partial charge in [0.25, 0.3) is 10.1 Å². The molecule has 0 unspecified atom stereocenters. The molecule has 2 N–H and O–H groups in total. The standard InChI is InChI=1S/C7H6N2O4S/c1-4-2-5(14(11,12)13)3-6(9-8)7(4)10/h2-3H,1H3,(H-,10,11,12,13)/p+1. The van der Waals surface area contributed by atoms with Crippen molar-refractivity contribution < 1.29 is 18.1 Å². The SMILES string of the molecule is Cc1cc(S(=O)(=O)O)cc([N+]#N)c1O. The maximum Gasteiger partial charge on any atom is 0.427 e. The van der Waals surface area contributed by atoms with Gasteiger partial charge in [-0.15, -0.1) is 0 Å². The molecule has 1 aromatic carbocycles. The minimum absolute atomic E-state index is 0.188. The molecule has 1 aromatic rings. The summed E-state index contributed by atoms with van der Waals surface area (Å²) in [7, 11) is -4.36. The van der Waals surface area contributed by atoms with Crippen molar-refractivity contribution in [3.8, 4) is 5.75 Å².